The molecule has 1 N–H and O–H groups in total. The first kappa shape index (κ1) is 15.7. The number of nitro benzene ring substituents is 1. The van der Waals surface area contributed by atoms with E-state index in [1.165, 1.54) is 6.07 Å². The Bertz CT molecular complexity index is 422. The minimum Gasteiger partial charge on any atom is -0.379 e. The number of hydrogen-bond donors (Lipinski definition) is 1. The molecule has 19 heavy (non-hydrogen) atoms. The highest BCUT2D eigenvalue weighted by atomic mass is 35.5. The Labute approximate surface area is 118 Å². The van der Waals surface area contributed by atoms with E-state index >= 15 is 0 Å². The molecule has 0 radical (unpaired) electrons. The number of para-hydroxylation sites is 1. The van der Waals surface area contributed by atoms with Crippen molar-refractivity contribution < 1.29 is 4.92 Å². The summed E-state index contributed by atoms with van der Waals surface area (Å²) in [5.74, 6) is 0. The number of nitro groups is 1. The third kappa shape index (κ3) is 4.69. The van der Waals surface area contributed by atoms with E-state index in [4.69, 9.17) is 11.6 Å². The number of rotatable bonds is 8. The van der Waals surface area contributed by atoms with Gasteiger partial charge in [0.15, 0.2) is 0 Å². The van der Waals surface area contributed by atoms with Crippen molar-refractivity contribution in [2.75, 3.05) is 31.5 Å². The van der Waals surface area contributed by atoms with Gasteiger partial charge in [-0.15, -0.1) is 0 Å². The number of anilines is 1. The molecule has 0 heterocycles. The molecule has 0 aliphatic carbocycles. The average molecular weight is 286 g/mol. The lowest BCUT2D eigenvalue weighted by Crippen LogP contribution is -2.25. The highest BCUT2D eigenvalue weighted by Crippen LogP contribution is 2.32. The zero-order valence-electron chi connectivity index (χ0n) is 11.4. The molecule has 0 bridgehead atoms. The first-order valence-corrected chi connectivity index (χ1v) is 6.87. The molecule has 0 spiro atoms. The maximum atomic E-state index is 10.9. The Morgan fingerprint density at radius 3 is 2.63 bits per heavy atom. The monoisotopic (exact) mass is 285 g/mol. The van der Waals surface area contributed by atoms with Gasteiger partial charge >= 0.3 is 5.69 Å². The number of nitrogens with one attached hydrogen (secondary N) is 1. The van der Waals surface area contributed by atoms with E-state index in [1.54, 1.807) is 12.1 Å². The number of benzene rings is 1. The van der Waals surface area contributed by atoms with Crippen LogP contribution in [-0.4, -0.2) is 36.0 Å². The topological polar surface area (TPSA) is 58.4 Å². The zero-order chi connectivity index (χ0) is 14.3. The van der Waals surface area contributed by atoms with Gasteiger partial charge in [0.2, 0.25) is 0 Å². The van der Waals surface area contributed by atoms with E-state index in [0.717, 1.165) is 26.1 Å². The summed E-state index contributed by atoms with van der Waals surface area (Å²) in [5.41, 5.74) is 0.434. The quantitative estimate of drug-likeness (QED) is 0.452. The molecular formula is C13H20ClN3O2. The smallest absolute Gasteiger partial charge is 0.310 e. The Balaban J connectivity index is 2.54. The van der Waals surface area contributed by atoms with Gasteiger partial charge in [-0.05, 0) is 38.2 Å². The van der Waals surface area contributed by atoms with Gasteiger partial charge < -0.3 is 10.2 Å². The summed E-state index contributed by atoms with van der Waals surface area (Å²) in [5, 5.41) is 14.2. The molecule has 0 saturated carbocycles. The van der Waals surface area contributed by atoms with Crippen LogP contribution in [0.25, 0.3) is 0 Å². The van der Waals surface area contributed by atoms with Gasteiger partial charge in [0.25, 0.3) is 0 Å². The standard InChI is InChI=1S/C13H20ClN3O2/c1-3-16(4-2)10-6-9-15-12-8-5-7-11(14)13(12)17(18)19/h5,7-8,15H,3-4,6,9-10H2,1-2H3. The van der Waals surface area contributed by atoms with E-state index in [9.17, 15) is 10.1 Å². The molecule has 6 heteroatoms. The van der Waals surface area contributed by atoms with Crippen molar-refractivity contribution in [3.8, 4) is 0 Å². The third-order valence-corrected chi connectivity index (χ3v) is 3.34. The maximum Gasteiger partial charge on any atom is 0.310 e. The summed E-state index contributed by atoms with van der Waals surface area (Å²) in [6, 6.07) is 4.92. The lowest BCUT2D eigenvalue weighted by Gasteiger charge is -2.17. The van der Waals surface area contributed by atoms with Crippen LogP contribution >= 0.6 is 11.6 Å². The fraction of sp³-hybridized carbons (Fsp3) is 0.538. The second-order valence-corrected chi connectivity index (χ2v) is 4.61. The predicted octanol–water partition coefficient (Wildman–Crippen LogP) is 3.39. The molecule has 1 rings (SSSR count). The molecule has 106 valence electrons. The normalized spacial score (nSPS) is 10.7. The fourth-order valence-electron chi connectivity index (χ4n) is 1.91. The molecule has 1 aromatic rings. The highest BCUT2D eigenvalue weighted by molar-refractivity contribution is 6.33. The number of halogens is 1. The second kappa shape index (κ2) is 7.96. The summed E-state index contributed by atoms with van der Waals surface area (Å²) in [4.78, 5) is 12.8. The molecule has 0 aromatic heterocycles. The minimum atomic E-state index is -0.449. The van der Waals surface area contributed by atoms with Gasteiger partial charge in [-0.3, -0.25) is 10.1 Å². The second-order valence-electron chi connectivity index (χ2n) is 4.20. The molecule has 0 atom stereocenters. The Morgan fingerprint density at radius 1 is 1.37 bits per heavy atom. The van der Waals surface area contributed by atoms with Crippen LogP contribution in [0.15, 0.2) is 18.2 Å². The van der Waals surface area contributed by atoms with Crippen LogP contribution in [-0.2, 0) is 0 Å². The fourth-order valence-corrected chi connectivity index (χ4v) is 2.15. The zero-order valence-corrected chi connectivity index (χ0v) is 12.1. The maximum absolute atomic E-state index is 10.9. The molecule has 0 aliphatic rings. The van der Waals surface area contributed by atoms with E-state index < -0.39 is 4.92 Å². The van der Waals surface area contributed by atoms with Crippen molar-refractivity contribution in [3.63, 3.8) is 0 Å². The Kier molecular flexibility index (Phi) is 6.59. The predicted molar refractivity (Wildman–Crippen MR) is 79.0 cm³/mol. The van der Waals surface area contributed by atoms with Crippen LogP contribution in [0.5, 0.6) is 0 Å². The average Bonchev–Trinajstić information content (AvgIpc) is 2.38. The van der Waals surface area contributed by atoms with Crippen molar-refractivity contribution in [1.82, 2.24) is 4.90 Å². The SMILES string of the molecule is CCN(CC)CCCNc1cccc(Cl)c1[N+](=O)[O-]. The summed E-state index contributed by atoms with van der Waals surface area (Å²) >= 11 is 5.84. The van der Waals surface area contributed by atoms with Crippen LogP contribution in [0.2, 0.25) is 5.02 Å². The van der Waals surface area contributed by atoms with Crippen LogP contribution in [0.1, 0.15) is 20.3 Å². The summed E-state index contributed by atoms with van der Waals surface area (Å²) in [6.07, 6.45) is 0.936. The summed E-state index contributed by atoms with van der Waals surface area (Å²) < 4.78 is 0. The third-order valence-electron chi connectivity index (χ3n) is 3.03. The van der Waals surface area contributed by atoms with Gasteiger partial charge in [-0.25, -0.2) is 0 Å². The molecule has 0 unspecified atom stereocenters. The van der Waals surface area contributed by atoms with E-state index in [1.807, 2.05) is 0 Å². The lowest BCUT2D eigenvalue weighted by atomic mass is 10.2. The largest absolute Gasteiger partial charge is 0.379 e. The molecule has 5 nitrogen and oxygen atoms in total. The van der Waals surface area contributed by atoms with Crippen molar-refractivity contribution >= 4 is 23.0 Å². The molecule has 0 amide bonds. The Hall–Kier alpha value is -1.33. The minimum absolute atomic E-state index is 0.0491. The highest BCUT2D eigenvalue weighted by Gasteiger charge is 2.17. The first-order chi connectivity index (χ1) is 9.10. The van der Waals surface area contributed by atoms with E-state index in [2.05, 4.69) is 24.1 Å². The van der Waals surface area contributed by atoms with Crippen LogP contribution in [0.4, 0.5) is 11.4 Å². The molecular weight excluding hydrogens is 266 g/mol. The van der Waals surface area contributed by atoms with Gasteiger partial charge in [0.05, 0.1) is 4.92 Å². The molecule has 0 saturated heterocycles. The summed E-state index contributed by atoms with van der Waals surface area (Å²) in [6.45, 7) is 7.96. The number of nitrogens with zero attached hydrogens (tertiary/aromatic N) is 2. The van der Waals surface area contributed by atoms with Crippen LogP contribution in [0.3, 0.4) is 0 Å². The first-order valence-electron chi connectivity index (χ1n) is 6.49. The van der Waals surface area contributed by atoms with Crippen molar-refractivity contribution in [2.45, 2.75) is 20.3 Å². The van der Waals surface area contributed by atoms with E-state index in [-0.39, 0.29) is 10.7 Å². The summed E-state index contributed by atoms with van der Waals surface area (Å²) in [7, 11) is 0. The van der Waals surface area contributed by atoms with Gasteiger partial charge in [-0.1, -0.05) is 31.5 Å². The Morgan fingerprint density at radius 2 is 2.05 bits per heavy atom. The number of hydrogen-bond acceptors (Lipinski definition) is 4. The molecule has 0 fully saturated rings. The van der Waals surface area contributed by atoms with Crippen LogP contribution < -0.4 is 5.32 Å². The van der Waals surface area contributed by atoms with Crippen molar-refractivity contribution in [2.24, 2.45) is 0 Å². The van der Waals surface area contributed by atoms with Gasteiger partial charge in [0.1, 0.15) is 10.7 Å². The lowest BCUT2D eigenvalue weighted by molar-refractivity contribution is -0.383. The van der Waals surface area contributed by atoms with E-state index in [0.29, 0.717) is 12.2 Å². The molecule has 0 aliphatic heterocycles. The van der Waals surface area contributed by atoms with Crippen LogP contribution in [0, 0.1) is 10.1 Å². The molecule has 1 aromatic carbocycles. The van der Waals surface area contributed by atoms with Crippen molar-refractivity contribution in [3.05, 3.63) is 33.3 Å². The van der Waals surface area contributed by atoms with Gasteiger partial charge in [-0.2, -0.15) is 0 Å². The van der Waals surface area contributed by atoms with Crippen molar-refractivity contribution in [1.29, 1.82) is 0 Å². The van der Waals surface area contributed by atoms with Gasteiger partial charge in [0, 0.05) is 6.54 Å².